The molecule has 1 aromatic rings. The van der Waals surface area contributed by atoms with Crippen LogP contribution in [0.2, 0.25) is 5.02 Å². The molecule has 1 aromatic carbocycles. The average Bonchev–Trinajstić information content (AvgIpc) is 2.44. The summed E-state index contributed by atoms with van der Waals surface area (Å²) in [6.07, 6.45) is 12.5. The summed E-state index contributed by atoms with van der Waals surface area (Å²) in [4.78, 5) is 0. The normalized spacial score (nSPS) is 11.3. The van der Waals surface area contributed by atoms with Crippen LogP contribution in [0.5, 0.6) is 0 Å². The summed E-state index contributed by atoms with van der Waals surface area (Å²) < 4.78 is 13.6. The van der Waals surface area contributed by atoms with Crippen LogP contribution in [-0.4, -0.2) is 0 Å². The van der Waals surface area contributed by atoms with Gasteiger partial charge in [0.25, 0.3) is 0 Å². The topological polar surface area (TPSA) is 0 Å². The van der Waals surface area contributed by atoms with Gasteiger partial charge in [-0.05, 0) is 42.5 Å². The van der Waals surface area contributed by atoms with Crippen molar-refractivity contribution in [2.24, 2.45) is 0 Å². The van der Waals surface area contributed by atoms with Gasteiger partial charge in [-0.1, -0.05) is 76.8 Å². The lowest BCUT2D eigenvalue weighted by molar-refractivity contribution is 0.494. The molecule has 0 N–H and O–H groups in total. The molecule has 0 unspecified atom stereocenters. The van der Waals surface area contributed by atoms with Gasteiger partial charge in [0.05, 0.1) is 0 Å². The van der Waals surface area contributed by atoms with Crippen molar-refractivity contribution in [2.75, 3.05) is 0 Å². The quantitative estimate of drug-likeness (QED) is 0.371. The van der Waals surface area contributed by atoms with Crippen LogP contribution in [0, 0.1) is 5.82 Å². The van der Waals surface area contributed by atoms with E-state index in [0.29, 0.717) is 10.9 Å². The molecule has 2 heteroatoms. The molecule has 120 valence electrons. The highest BCUT2D eigenvalue weighted by atomic mass is 35.5. The molecule has 0 bridgehead atoms. The van der Waals surface area contributed by atoms with Gasteiger partial charge < -0.3 is 0 Å². The third-order valence-electron chi connectivity index (χ3n) is 4.17. The molecule has 0 saturated heterocycles. The van der Waals surface area contributed by atoms with Gasteiger partial charge in [-0.25, -0.2) is 4.39 Å². The highest BCUT2D eigenvalue weighted by Gasteiger charge is 2.13. The van der Waals surface area contributed by atoms with E-state index in [1.165, 1.54) is 57.4 Å². The molecule has 0 fully saturated rings. The van der Waals surface area contributed by atoms with Gasteiger partial charge in [-0.2, -0.15) is 0 Å². The second kappa shape index (κ2) is 11.1. The Morgan fingerprint density at radius 2 is 1.43 bits per heavy atom. The summed E-state index contributed by atoms with van der Waals surface area (Å²) in [6, 6.07) is 5.03. The minimum atomic E-state index is -0.204. The molecule has 0 spiro atoms. The van der Waals surface area contributed by atoms with Crippen LogP contribution in [-0.2, 0) is 0 Å². The lowest BCUT2D eigenvalue weighted by Gasteiger charge is -2.18. The molecule has 0 aliphatic rings. The van der Waals surface area contributed by atoms with Crippen molar-refractivity contribution in [2.45, 2.75) is 84.0 Å². The van der Waals surface area contributed by atoms with E-state index in [2.05, 4.69) is 13.8 Å². The number of halogens is 2. The maximum absolute atomic E-state index is 13.6. The number of hydrogen-bond donors (Lipinski definition) is 0. The highest BCUT2D eigenvalue weighted by molar-refractivity contribution is 6.30. The molecule has 0 aromatic heterocycles. The Morgan fingerprint density at radius 3 is 1.90 bits per heavy atom. The number of benzene rings is 1. The van der Waals surface area contributed by atoms with E-state index in [1.807, 2.05) is 6.07 Å². The van der Waals surface area contributed by atoms with E-state index in [4.69, 9.17) is 11.6 Å². The lowest BCUT2D eigenvalue weighted by atomic mass is 9.88. The predicted molar refractivity (Wildman–Crippen MR) is 91.7 cm³/mol. The zero-order valence-electron chi connectivity index (χ0n) is 13.6. The minimum absolute atomic E-state index is 0.204. The van der Waals surface area contributed by atoms with Crippen molar-refractivity contribution in [3.63, 3.8) is 0 Å². The summed E-state index contributed by atoms with van der Waals surface area (Å²) in [5.74, 6) is 0.261. The number of hydrogen-bond acceptors (Lipinski definition) is 0. The first-order chi connectivity index (χ1) is 10.2. The molecular weight excluding hydrogens is 283 g/mol. The molecule has 0 heterocycles. The first kappa shape index (κ1) is 18.5. The fourth-order valence-corrected chi connectivity index (χ4v) is 3.15. The van der Waals surface area contributed by atoms with Crippen LogP contribution >= 0.6 is 11.6 Å². The fourth-order valence-electron chi connectivity index (χ4n) is 2.92. The molecule has 0 radical (unpaired) electrons. The second-order valence-electron chi connectivity index (χ2n) is 6.10. The minimum Gasteiger partial charge on any atom is -0.207 e. The smallest absolute Gasteiger partial charge is 0.124 e. The SMILES string of the molecule is CCCCCCC(CCCCCC)c1cc(F)cc(Cl)c1. The largest absolute Gasteiger partial charge is 0.207 e. The average molecular weight is 313 g/mol. The maximum Gasteiger partial charge on any atom is 0.124 e. The Kier molecular flexibility index (Phi) is 9.74. The molecule has 1 rings (SSSR count). The van der Waals surface area contributed by atoms with Crippen molar-refractivity contribution >= 4 is 11.6 Å². The second-order valence-corrected chi connectivity index (χ2v) is 6.53. The zero-order chi connectivity index (χ0) is 15.5. The predicted octanol–water partition coefficient (Wildman–Crippen LogP) is 7.50. The van der Waals surface area contributed by atoms with Gasteiger partial charge in [0.1, 0.15) is 5.82 Å². The van der Waals surface area contributed by atoms with Crippen LogP contribution in [0.15, 0.2) is 18.2 Å². The van der Waals surface area contributed by atoms with Gasteiger partial charge >= 0.3 is 0 Å². The van der Waals surface area contributed by atoms with E-state index in [-0.39, 0.29) is 5.82 Å². The van der Waals surface area contributed by atoms with Crippen LogP contribution in [0.4, 0.5) is 4.39 Å². The molecule has 0 amide bonds. The van der Waals surface area contributed by atoms with Gasteiger partial charge in [-0.3, -0.25) is 0 Å². The fraction of sp³-hybridized carbons (Fsp3) is 0.684. The van der Waals surface area contributed by atoms with Gasteiger partial charge in [0.2, 0.25) is 0 Å². The summed E-state index contributed by atoms with van der Waals surface area (Å²) in [6.45, 7) is 4.46. The molecular formula is C19H30ClF. The Labute approximate surface area is 135 Å². The third kappa shape index (κ3) is 7.85. The summed E-state index contributed by atoms with van der Waals surface area (Å²) in [5.41, 5.74) is 1.09. The van der Waals surface area contributed by atoms with E-state index in [0.717, 1.165) is 18.4 Å². The first-order valence-corrected chi connectivity index (χ1v) is 9.01. The van der Waals surface area contributed by atoms with Crippen LogP contribution in [0.25, 0.3) is 0 Å². The number of unbranched alkanes of at least 4 members (excludes halogenated alkanes) is 6. The van der Waals surface area contributed by atoms with Crippen molar-refractivity contribution in [3.05, 3.63) is 34.6 Å². The zero-order valence-corrected chi connectivity index (χ0v) is 14.4. The van der Waals surface area contributed by atoms with E-state index in [1.54, 1.807) is 6.07 Å². The third-order valence-corrected chi connectivity index (χ3v) is 4.39. The summed E-state index contributed by atoms with van der Waals surface area (Å²) in [5, 5.41) is 0.525. The standard InChI is InChI=1S/C19H30ClF/c1-3-5-7-9-11-16(12-10-8-6-4-2)17-13-18(20)15-19(21)14-17/h13-16H,3-12H2,1-2H3. The molecule has 0 aliphatic carbocycles. The Balaban J connectivity index is 2.60. The Bertz CT molecular complexity index is 357. The van der Waals surface area contributed by atoms with E-state index < -0.39 is 0 Å². The highest BCUT2D eigenvalue weighted by Crippen LogP contribution is 2.30. The van der Waals surface area contributed by atoms with Crippen LogP contribution < -0.4 is 0 Å². The summed E-state index contributed by atoms with van der Waals surface area (Å²) >= 11 is 6.02. The Hall–Kier alpha value is -0.560. The van der Waals surface area contributed by atoms with Crippen molar-refractivity contribution < 1.29 is 4.39 Å². The molecule has 0 aliphatic heterocycles. The Morgan fingerprint density at radius 1 is 0.857 bits per heavy atom. The van der Waals surface area contributed by atoms with Crippen molar-refractivity contribution in [3.8, 4) is 0 Å². The van der Waals surface area contributed by atoms with Crippen molar-refractivity contribution in [1.82, 2.24) is 0 Å². The van der Waals surface area contributed by atoms with Crippen LogP contribution in [0.1, 0.15) is 89.5 Å². The first-order valence-electron chi connectivity index (χ1n) is 8.63. The molecule has 0 nitrogen and oxygen atoms in total. The van der Waals surface area contributed by atoms with Crippen molar-refractivity contribution in [1.29, 1.82) is 0 Å². The van der Waals surface area contributed by atoms with E-state index in [9.17, 15) is 4.39 Å². The number of rotatable bonds is 11. The maximum atomic E-state index is 13.6. The summed E-state index contributed by atoms with van der Waals surface area (Å²) in [7, 11) is 0. The van der Waals surface area contributed by atoms with Gasteiger partial charge in [-0.15, -0.1) is 0 Å². The van der Waals surface area contributed by atoms with E-state index >= 15 is 0 Å². The molecule has 0 atom stereocenters. The van der Waals surface area contributed by atoms with Crippen LogP contribution in [0.3, 0.4) is 0 Å². The van der Waals surface area contributed by atoms with Gasteiger partial charge in [0, 0.05) is 5.02 Å². The lowest BCUT2D eigenvalue weighted by Crippen LogP contribution is -2.01. The van der Waals surface area contributed by atoms with Gasteiger partial charge in [0.15, 0.2) is 0 Å². The molecule has 21 heavy (non-hydrogen) atoms. The monoisotopic (exact) mass is 312 g/mol. The molecule has 0 saturated carbocycles.